The van der Waals surface area contributed by atoms with Crippen LogP contribution in [0.2, 0.25) is 0 Å². The number of fused-ring (bicyclic) bond motifs is 2. The first-order chi connectivity index (χ1) is 22.8. The first kappa shape index (κ1) is 32.0. The van der Waals surface area contributed by atoms with E-state index < -0.39 is 11.7 Å². The fourth-order valence-electron chi connectivity index (χ4n) is 6.68. The average molecular weight is 634 g/mol. The summed E-state index contributed by atoms with van der Waals surface area (Å²) in [6.45, 7) is 2.75. The third kappa shape index (κ3) is 6.50. The Morgan fingerprint density at radius 1 is 0.979 bits per heavy atom. The lowest BCUT2D eigenvalue weighted by Gasteiger charge is -2.29. The Morgan fingerprint density at radius 2 is 1.66 bits per heavy atom. The van der Waals surface area contributed by atoms with Crippen LogP contribution < -0.4 is 15.0 Å². The van der Waals surface area contributed by atoms with Gasteiger partial charge in [0.05, 0.1) is 38.5 Å². The summed E-state index contributed by atoms with van der Waals surface area (Å²) in [5.41, 5.74) is 3.00. The molecule has 0 unspecified atom stereocenters. The van der Waals surface area contributed by atoms with Crippen molar-refractivity contribution >= 4 is 29.1 Å². The molecule has 3 amide bonds. The number of anilines is 2. The number of aliphatic hydroxyl groups excluding tert-OH is 1. The first-order valence-electron chi connectivity index (χ1n) is 15.9. The van der Waals surface area contributed by atoms with E-state index >= 15 is 0 Å². The van der Waals surface area contributed by atoms with Crippen molar-refractivity contribution in [2.45, 2.75) is 44.6 Å². The highest BCUT2D eigenvalue weighted by atomic mass is 16.5. The van der Waals surface area contributed by atoms with E-state index in [-0.39, 0.29) is 43.2 Å². The van der Waals surface area contributed by atoms with Gasteiger partial charge in [0, 0.05) is 35.8 Å². The van der Waals surface area contributed by atoms with Gasteiger partial charge in [-0.3, -0.25) is 14.4 Å². The van der Waals surface area contributed by atoms with Crippen LogP contribution in [0.3, 0.4) is 0 Å². The Balaban J connectivity index is 1.28. The number of carbonyl (C=O) groups is 3. The summed E-state index contributed by atoms with van der Waals surface area (Å²) >= 11 is 0. The molecule has 4 aromatic carbocycles. The highest BCUT2D eigenvalue weighted by Crippen LogP contribution is 2.54. The third-order valence-electron chi connectivity index (χ3n) is 9.05. The average Bonchev–Trinajstić information content (AvgIpc) is 3.54. The lowest BCUT2D eigenvalue weighted by Crippen LogP contribution is -2.44. The van der Waals surface area contributed by atoms with Gasteiger partial charge in [-0.2, -0.15) is 0 Å². The molecule has 1 fully saturated rings. The zero-order valence-electron chi connectivity index (χ0n) is 26.6. The van der Waals surface area contributed by atoms with E-state index in [1.54, 1.807) is 47.2 Å². The number of benzene rings is 4. The number of methoxy groups -OCH3 is 1. The lowest BCUT2D eigenvalue weighted by atomic mass is 9.82. The second-order valence-corrected chi connectivity index (χ2v) is 12.1. The van der Waals surface area contributed by atoms with Crippen LogP contribution in [0.1, 0.15) is 46.8 Å². The van der Waals surface area contributed by atoms with Crippen LogP contribution in [0.5, 0.6) is 5.75 Å². The number of hydrogen-bond donors (Lipinski definition) is 2. The summed E-state index contributed by atoms with van der Waals surface area (Å²) < 4.78 is 11.9. The summed E-state index contributed by atoms with van der Waals surface area (Å²) in [5.74, 6) is -0.227. The molecule has 0 aliphatic carbocycles. The van der Waals surface area contributed by atoms with Gasteiger partial charge in [0.15, 0.2) is 5.60 Å². The van der Waals surface area contributed by atoms with Crippen LogP contribution in [0.25, 0.3) is 0 Å². The summed E-state index contributed by atoms with van der Waals surface area (Å²) in [6.07, 6.45) is 0.0609. The number of nitrogens with zero attached hydrogens (tertiary/aromatic N) is 2. The second kappa shape index (κ2) is 13.8. The Hall–Kier alpha value is -4.99. The molecule has 1 spiro atoms. The normalized spacial score (nSPS) is 19.9. The lowest BCUT2D eigenvalue weighted by molar-refractivity contribution is -0.150. The van der Waals surface area contributed by atoms with Crippen molar-refractivity contribution in [1.82, 2.24) is 4.90 Å². The molecular weight excluding hydrogens is 594 g/mol. The summed E-state index contributed by atoms with van der Waals surface area (Å²) in [4.78, 5) is 44.6. The van der Waals surface area contributed by atoms with Gasteiger partial charge in [0.2, 0.25) is 5.91 Å². The van der Waals surface area contributed by atoms with Crippen LogP contribution in [-0.4, -0.2) is 54.1 Å². The van der Waals surface area contributed by atoms with Gasteiger partial charge in [-0.05, 0) is 60.0 Å². The van der Waals surface area contributed by atoms with Crippen molar-refractivity contribution in [2.24, 2.45) is 5.92 Å². The molecule has 6 rings (SSSR count). The fourth-order valence-corrected chi connectivity index (χ4v) is 6.68. The topological polar surface area (TPSA) is 108 Å². The predicted molar refractivity (Wildman–Crippen MR) is 179 cm³/mol. The van der Waals surface area contributed by atoms with E-state index in [4.69, 9.17) is 9.47 Å². The molecule has 0 radical (unpaired) electrons. The largest absolute Gasteiger partial charge is 0.497 e. The van der Waals surface area contributed by atoms with E-state index in [0.717, 1.165) is 11.1 Å². The second-order valence-electron chi connectivity index (χ2n) is 12.1. The molecule has 3 atom stereocenters. The highest BCUT2D eigenvalue weighted by molar-refractivity contribution is 6.09. The molecule has 242 valence electrons. The van der Waals surface area contributed by atoms with Gasteiger partial charge < -0.3 is 29.7 Å². The quantitative estimate of drug-likeness (QED) is 0.225. The minimum atomic E-state index is -1.32. The Kier molecular flexibility index (Phi) is 9.38. The number of carbonyl (C=O) groups excluding carboxylic acids is 3. The van der Waals surface area contributed by atoms with Crippen molar-refractivity contribution < 1.29 is 29.0 Å². The SMILES string of the molecule is COc1ccc(C(=O)Nc2ccc3c(c2)[C@@]2(O[C@H](CC(=O)N(CCO)Cc4ccccc4)C[C@@H]2C)C(=O)N3Cc2ccccc2)cc1. The monoisotopic (exact) mass is 633 g/mol. The standard InChI is InChI=1S/C38H39N3O6/c1-26-21-32(23-35(43)40(19-20-42)24-27-9-5-3-6-10-27)47-38(26)33-22-30(39-36(44)29-13-16-31(46-2)17-14-29)15-18-34(33)41(37(38)45)25-28-11-7-4-8-12-28/h3-18,22,26,32,42H,19-21,23-25H2,1-2H3,(H,39,44)/t26-,32-,38+/m0/s1. The van der Waals surface area contributed by atoms with Crippen LogP contribution in [-0.2, 0) is 33.0 Å². The summed E-state index contributed by atoms with van der Waals surface area (Å²) in [6, 6.07) is 31.7. The minimum Gasteiger partial charge on any atom is -0.497 e. The molecule has 2 aliphatic heterocycles. The van der Waals surface area contributed by atoms with Gasteiger partial charge in [-0.25, -0.2) is 0 Å². The summed E-state index contributed by atoms with van der Waals surface area (Å²) in [5, 5.41) is 12.7. The van der Waals surface area contributed by atoms with Gasteiger partial charge in [0.1, 0.15) is 5.75 Å². The predicted octanol–water partition coefficient (Wildman–Crippen LogP) is 5.53. The smallest absolute Gasteiger partial charge is 0.264 e. The Bertz CT molecular complexity index is 1730. The van der Waals surface area contributed by atoms with Crippen molar-refractivity contribution in [3.63, 3.8) is 0 Å². The number of rotatable bonds is 11. The summed E-state index contributed by atoms with van der Waals surface area (Å²) in [7, 11) is 1.57. The van der Waals surface area contributed by atoms with E-state index in [1.165, 1.54) is 0 Å². The molecule has 0 bridgehead atoms. The van der Waals surface area contributed by atoms with Crippen molar-refractivity contribution in [3.8, 4) is 5.75 Å². The number of ether oxygens (including phenoxy) is 2. The molecule has 2 heterocycles. The maximum absolute atomic E-state index is 14.5. The van der Waals surface area contributed by atoms with Crippen LogP contribution in [0, 0.1) is 5.92 Å². The number of nitrogens with one attached hydrogen (secondary N) is 1. The van der Waals surface area contributed by atoms with Crippen LogP contribution >= 0.6 is 0 Å². The molecule has 0 aromatic heterocycles. The Labute approximate surface area is 274 Å². The minimum absolute atomic E-state index is 0.0775. The van der Waals surface area contributed by atoms with Crippen molar-refractivity contribution in [3.05, 3.63) is 125 Å². The fraction of sp³-hybridized carbons (Fsp3) is 0.289. The first-order valence-corrected chi connectivity index (χ1v) is 15.9. The molecule has 47 heavy (non-hydrogen) atoms. The van der Waals surface area contributed by atoms with Gasteiger partial charge in [0.25, 0.3) is 11.8 Å². The third-order valence-corrected chi connectivity index (χ3v) is 9.05. The number of amides is 3. The maximum atomic E-state index is 14.5. The molecule has 4 aromatic rings. The van der Waals surface area contributed by atoms with E-state index in [9.17, 15) is 19.5 Å². The van der Waals surface area contributed by atoms with Crippen LogP contribution in [0.4, 0.5) is 11.4 Å². The molecular formula is C38H39N3O6. The zero-order chi connectivity index (χ0) is 33.0. The number of aliphatic hydroxyl groups is 1. The molecule has 9 heteroatoms. The molecule has 2 aliphatic rings. The maximum Gasteiger partial charge on any atom is 0.264 e. The molecule has 9 nitrogen and oxygen atoms in total. The van der Waals surface area contributed by atoms with Crippen LogP contribution in [0.15, 0.2) is 103 Å². The van der Waals surface area contributed by atoms with Crippen molar-refractivity contribution in [2.75, 3.05) is 30.5 Å². The van der Waals surface area contributed by atoms with E-state index in [0.29, 0.717) is 47.8 Å². The number of hydrogen-bond acceptors (Lipinski definition) is 6. The van der Waals surface area contributed by atoms with E-state index in [2.05, 4.69) is 5.32 Å². The molecule has 2 N–H and O–H groups in total. The van der Waals surface area contributed by atoms with E-state index in [1.807, 2.05) is 79.7 Å². The van der Waals surface area contributed by atoms with Gasteiger partial charge >= 0.3 is 0 Å². The molecule has 0 saturated carbocycles. The molecule has 1 saturated heterocycles. The highest BCUT2D eigenvalue weighted by Gasteiger charge is 2.60. The van der Waals surface area contributed by atoms with Gasteiger partial charge in [-0.15, -0.1) is 0 Å². The van der Waals surface area contributed by atoms with Gasteiger partial charge in [-0.1, -0.05) is 67.6 Å². The zero-order valence-corrected chi connectivity index (χ0v) is 26.6. The van der Waals surface area contributed by atoms with Crippen molar-refractivity contribution in [1.29, 1.82) is 0 Å². The Morgan fingerprint density at radius 3 is 2.32 bits per heavy atom.